The molecule has 2 N–H and O–H groups in total. The van der Waals surface area contributed by atoms with E-state index in [0.717, 1.165) is 78.6 Å². The molecule has 0 aliphatic carbocycles. The van der Waals surface area contributed by atoms with Crippen molar-refractivity contribution in [1.29, 1.82) is 0 Å². The average Bonchev–Trinajstić information content (AvgIpc) is 3.42. The zero-order valence-electron chi connectivity index (χ0n) is 24.8. The molecule has 2 saturated heterocycles. The Balaban J connectivity index is 1.25. The fraction of sp³-hybridized carbons (Fsp3) is 0.485. The molecule has 3 aliphatic rings. The summed E-state index contributed by atoms with van der Waals surface area (Å²) >= 11 is 0. The van der Waals surface area contributed by atoms with Gasteiger partial charge < -0.3 is 19.6 Å². The van der Waals surface area contributed by atoms with Crippen LogP contribution in [0.3, 0.4) is 0 Å². The van der Waals surface area contributed by atoms with Gasteiger partial charge in [0.05, 0.1) is 11.3 Å². The lowest BCUT2D eigenvalue weighted by Crippen LogP contribution is -2.63. The monoisotopic (exact) mass is 555 g/mol. The number of aliphatic hydroxyl groups is 1. The minimum absolute atomic E-state index is 0.0974. The normalized spacial score (nSPS) is 20.8. The first-order valence-corrected chi connectivity index (χ1v) is 14.7. The van der Waals surface area contributed by atoms with Crippen LogP contribution in [0.25, 0.3) is 11.3 Å². The van der Waals surface area contributed by atoms with Gasteiger partial charge in [-0.25, -0.2) is 0 Å². The van der Waals surface area contributed by atoms with Gasteiger partial charge in [-0.3, -0.25) is 14.9 Å². The third-order valence-corrected chi connectivity index (χ3v) is 9.41. The number of aromatic amines is 1. The van der Waals surface area contributed by atoms with Crippen molar-refractivity contribution in [2.24, 2.45) is 5.41 Å². The number of hydrogen-bond donors (Lipinski definition) is 2. The summed E-state index contributed by atoms with van der Waals surface area (Å²) in [4.78, 5) is 20.8. The van der Waals surface area contributed by atoms with Gasteiger partial charge in [0, 0.05) is 66.7 Å². The zero-order chi connectivity index (χ0) is 28.9. The van der Waals surface area contributed by atoms with E-state index in [2.05, 4.69) is 89.2 Å². The Bertz CT molecular complexity index is 1460. The first-order valence-electron chi connectivity index (χ1n) is 14.7. The number of hydrogen-bond acceptors (Lipinski definition) is 7. The van der Waals surface area contributed by atoms with Crippen LogP contribution in [-0.2, 0) is 15.1 Å². The number of nitrogens with zero attached hydrogens (tertiary/aromatic N) is 4. The van der Waals surface area contributed by atoms with E-state index >= 15 is 0 Å². The van der Waals surface area contributed by atoms with E-state index in [1.165, 1.54) is 5.56 Å². The molecule has 0 radical (unpaired) electrons. The molecule has 216 valence electrons. The fourth-order valence-electron chi connectivity index (χ4n) is 6.96. The van der Waals surface area contributed by atoms with Gasteiger partial charge in [-0.1, -0.05) is 45.0 Å². The molecule has 0 spiro atoms. The Morgan fingerprint density at radius 3 is 2.41 bits per heavy atom. The molecule has 3 aliphatic heterocycles. The van der Waals surface area contributed by atoms with Crippen molar-refractivity contribution in [2.45, 2.75) is 58.0 Å². The van der Waals surface area contributed by atoms with Crippen molar-refractivity contribution in [1.82, 2.24) is 25.0 Å². The Hall–Kier alpha value is -3.49. The molecule has 2 aromatic heterocycles. The minimum atomic E-state index is -1.19. The van der Waals surface area contributed by atoms with Crippen LogP contribution in [0.2, 0.25) is 0 Å². The van der Waals surface area contributed by atoms with Gasteiger partial charge in [0.2, 0.25) is 0 Å². The second-order valence-corrected chi connectivity index (χ2v) is 12.8. The summed E-state index contributed by atoms with van der Waals surface area (Å²) in [6.45, 7) is 11.8. The van der Waals surface area contributed by atoms with E-state index in [1.54, 1.807) is 13.1 Å². The maximum Gasteiger partial charge on any atom is 0.200 e. The zero-order valence-corrected chi connectivity index (χ0v) is 24.8. The number of likely N-dealkylation sites (tertiary alicyclic amines) is 2. The molecular formula is C33H41N5O3. The Morgan fingerprint density at radius 1 is 1.12 bits per heavy atom. The summed E-state index contributed by atoms with van der Waals surface area (Å²) in [6.07, 6.45) is 5.54. The number of ether oxygens (including phenoxy) is 1. The predicted octanol–water partition coefficient (Wildman–Crippen LogP) is 4.79. The van der Waals surface area contributed by atoms with Crippen molar-refractivity contribution in [3.05, 3.63) is 82.6 Å². The number of ketones is 1. The van der Waals surface area contributed by atoms with E-state index < -0.39 is 5.60 Å². The Kier molecular flexibility index (Phi) is 7.02. The van der Waals surface area contributed by atoms with Crippen LogP contribution in [0.1, 0.15) is 74.8 Å². The number of H-pyrrole nitrogens is 1. The van der Waals surface area contributed by atoms with Gasteiger partial charge in [-0.05, 0) is 56.0 Å². The number of pyridine rings is 1. The summed E-state index contributed by atoms with van der Waals surface area (Å²) in [5.41, 5.74) is 5.01. The van der Waals surface area contributed by atoms with Crippen molar-refractivity contribution >= 4 is 5.78 Å². The highest BCUT2D eigenvalue weighted by Gasteiger charge is 2.55. The fourth-order valence-corrected chi connectivity index (χ4v) is 6.96. The highest BCUT2D eigenvalue weighted by atomic mass is 16.5. The molecule has 3 aromatic rings. The van der Waals surface area contributed by atoms with Crippen LogP contribution in [0, 0.1) is 5.41 Å². The van der Waals surface area contributed by atoms with Gasteiger partial charge in [-0.15, -0.1) is 0 Å². The number of piperidine rings is 1. The quantitative estimate of drug-likeness (QED) is 0.413. The number of carbonyl (C=O) groups excluding carboxylic acids is 1. The number of nitrogens with one attached hydrogen (secondary N) is 1. The van der Waals surface area contributed by atoms with Crippen LogP contribution >= 0.6 is 0 Å². The molecular weight excluding hydrogens is 514 g/mol. The predicted molar refractivity (Wildman–Crippen MR) is 158 cm³/mol. The third-order valence-electron chi connectivity index (χ3n) is 9.41. The maximum atomic E-state index is 12.6. The Labute approximate surface area is 242 Å². The molecule has 0 amide bonds. The minimum Gasteiger partial charge on any atom is -0.473 e. The number of Topliss-reactive ketones (excluding diaryl/α,β-unsaturated/α-hetero) is 1. The molecule has 0 unspecified atom stereocenters. The molecule has 5 heterocycles. The number of benzene rings is 1. The van der Waals surface area contributed by atoms with Crippen molar-refractivity contribution < 1.29 is 14.6 Å². The molecule has 1 atom stereocenters. The molecule has 2 fully saturated rings. The van der Waals surface area contributed by atoms with Crippen LogP contribution in [0.4, 0.5) is 0 Å². The molecule has 8 heteroatoms. The number of rotatable bonds is 8. The number of carbonyl (C=O) groups is 1. The maximum absolute atomic E-state index is 12.6. The molecule has 8 nitrogen and oxygen atoms in total. The molecule has 1 aromatic carbocycles. The van der Waals surface area contributed by atoms with Crippen molar-refractivity contribution in [3.63, 3.8) is 0 Å². The summed E-state index contributed by atoms with van der Waals surface area (Å²) in [5.74, 6) is 1.64. The van der Waals surface area contributed by atoms with Crippen molar-refractivity contribution in [2.75, 3.05) is 39.8 Å². The van der Waals surface area contributed by atoms with Crippen LogP contribution in [0.15, 0.2) is 60.2 Å². The highest BCUT2D eigenvalue weighted by molar-refractivity contribution is 5.95. The molecule has 6 rings (SSSR count). The SMILES string of the molecule is CC(=O)C1=C(N2CCC(c3cc(-c4cncc([C@@](O)(c5ccc(C(C)C)cc5)C5(C)CN(C)C5)c4)n[nH]3)CC2)OC1. The van der Waals surface area contributed by atoms with E-state index in [4.69, 9.17) is 4.74 Å². The van der Waals surface area contributed by atoms with E-state index in [9.17, 15) is 9.90 Å². The standard InChI is InChI=1S/C33H41N5O3/c1-21(2)23-6-8-26(9-7-23)33(40,32(4)19-37(5)20-32)27-14-25(16-34-17-27)30-15-29(35-36-30)24-10-12-38(13-11-24)31-28(18-41-31)22(3)39/h6-9,14-17,21,24,40H,10-13,18-20H2,1-5H3,(H,35,36)/t33-/m0/s1. The molecule has 0 saturated carbocycles. The van der Waals surface area contributed by atoms with Crippen molar-refractivity contribution in [3.8, 4) is 11.3 Å². The first-order chi connectivity index (χ1) is 19.6. The smallest absolute Gasteiger partial charge is 0.200 e. The lowest BCUT2D eigenvalue weighted by Gasteiger charge is -2.55. The summed E-state index contributed by atoms with van der Waals surface area (Å²) in [6, 6.07) is 12.6. The van der Waals surface area contributed by atoms with E-state index in [0.29, 0.717) is 18.4 Å². The lowest BCUT2D eigenvalue weighted by atomic mass is 9.62. The topological polar surface area (TPSA) is 94.6 Å². The first kappa shape index (κ1) is 27.7. The summed E-state index contributed by atoms with van der Waals surface area (Å²) < 4.78 is 5.61. The molecule has 41 heavy (non-hydrogen) atoms. The lowest BCUT2D eigenvalue weighted by molar-refractivity contribution is -0.127. The third kappa shape index (κ3) is 4.77. The highest BCUT2D eigenvalue weighted by Crippen LogP contribution is 2.50. The van der Waals surface area contributed by atoms with Gasteiger partial charge in [0.15, 0.2) is 11.7 Å². The van der Waals surface area contributed by atoms with Crippen LogP contribution < -0.4 is 0 Å². The van der Waals surface area contributed by atoms with E-state index in [1.807, 2.05) is 6.20 Å². The van der Waals surface area contributed by atoms with Gasteiger partial charge in [0.25, 0.3) is 0 Å². The second-order valence-electron chi connectivity index (χ2n) is 12.8. The second kappa shape index (κ2) is 10.4. The largest absolute Gasteiger partial charge is 0.473 e. The Morgan fingerprint density at radius 2 is 1.83 bits per heavy atom. The van der Waals surface area contributed by atoms with Gasteiger partial charge >= 0.3 is 0 Å². The van der Waals surface area contributed by atoms with Gasteiger partial charge in [0.1, 0.15) is 12.2 Å². The summed E-state index contributed by atoms with van der Waals surface area (Å²) in [5, 5.41) is 20.5. The van der Waals surface area contributed by atoms with Gasteiger partial charge in [-0.2, -0.15) is 5.10 Å². The molecule has 0 bridgehead atoms. The van der Waals surface area contributed by atoms with Crippen LogP contribution in [-0.4, -0.2) is 75.7 Å². The van der Waals surface area contributed by atoms with E-state index in [-0.39, 0.29) is 11.2 Å². The summed E-state index contributed by atoms with van der Waals surface area (Å²) in [7, 11) is 2.09. The average molecular weight is 556 g/mol. The number of aromatic nitrogens is 3. The van der Waals surface area contributed by atoms with Crippen LogP contribution in [0.5, 0.6) is 0 Å².